The number of rotatable bonds is 10. The molecule has 2 unspecified atom stereocenters. The first-order chi connectivity index (χ1) is 18.8. The Hall–Kier alpha value is -3.43. The van der Waals surface area contributed by atoms with E-state index in [4.69, 9.17) is 4.74 Å². The molecule has 3 aliphatic rings. The number of likely N-dealkylation sites (tertiary alicyclic amines) is 1. The van der Waals surface area contributed by atoms with Crippen LogP contribution in [0, 0.1) is 11.8 Å². The van der Waals surface area contributed by atoms with Crippen molar-refractivity contribution in [3.63, 3.8) is 0 Å². The Morgan fingerprint density at radius 3 is 2.38 bits per heavy atom. The molecule has 2 bridgehead atoms. The van der Waals surface area contributed by atoms with Crippen molar-refractivity contribution in [3.05, 3.63) is 60.2 Å². The van der Waals surface area contributed by atoms with E-state index in [0.717, 1.165) is 24.3 Å². The van der Waals surface area contributed by atoms with Gasteiger partial charge in [-0.2, -0.15) is 0 Å². The summed E-state index contributed by atoms with van der Waals surface area (Å²) in [6, 6.07) is 16.3. The predicted molar refractivity (Wildman–Crippen MR) is 148 cm³/mol. The van der Waals surface area contributed by atoms with E-state index >= 15 is 0 Å². The molecule has 3 amide bonds. The second-order valence-electron chi connectivity index (χ2n) is 10.9. The molecule has 9 heteroatoms. The number of nitrogens with zero attached hydrogens (tertiary/aromatic N) is 2. The number of carbonyl (C=O) groups is 3. The van der Waals surface area contributed by atoms with Gasteiger partial charge in [0, 0.05) is 37.6 Å². The van der Waals surface area contributed by atoms with E-state index in [9.17, 15) is 19.5 Å². The average Bonchev–Trinajstić information content (AvgIpc) is 3.50. The first-order valence-electron chi connectivity index (χ1n) is 13.9. The number of benzene rings is 2. The van der Waals surface area contributed by atoms with Crippen molar-refractivity contribution in [2.75, 3.05) is 36.5 Å². The quantitative estimate of drug-likeness (QED) is 0.432. The molecule has 0 aliphatic carbocycles. The highest BCUT2D eigenvalue weighted by Gasteiger charge is 2.77. The van der Waals surface area contributed by atoms with Crippen LogP contribution in [0.15, 0.2) is 54.6 Å². The summed E-state index contributed by atoms with van der Waals surface area (Å²) in [5.74, 6) is -2.46. The molecule has 0 aromatic heterocycles. The zero-order chi connectivity index (χ0) is 27.8. The summed E-state index contributed by atoms with van der Waals surface area (Å²) in [5.41, 5.74) is 0.656. The Balaban J connectivity index is 1.39. The van der Waals surface area contributed by atoms with Crippen molar-refractivity contribution in [1.82, 2.24) is 10.2 Å². The van der Waals surface area contributed by atoms with Crippen molar-refractivity contribution in [1.29, 1.82) is 0 Å². The van der Waals surface area contributed by atoms with Crippen molar-refractivity contribution in [3.8, 4) is 0 Å². The summed E-state index contributed by atoms with van der Waals surface area (Å²) in [7, 11) is 0. The lowest BCUT2D eigenvalue weighted by molar-refractivity contribution is -0.145. The van der Waals surface area contributed by atoms with E-state index in [1.807, 2.05) is 61.5 Å². The standard InChI is InChI=1S/C30H38N4O5/c1-4-33(5-2)22-13-11-21(12-14-22)32-27(37)25-30-16-15-29(3,39-30)23(24(30)28(38)34(25)17-18-35)26(36)31-19-20-9-7-6-8-10-20/h6-14,23-25,35H,4-5,15-19H2,1-3H3,(H,31,36)(H,32,37)/t23-,24-,25?,29+,30?/m0/s1. The SMILES string of the molecule is CCN(CC)c1ccc(NC(=O)C2N(CCO)C(=O)[C@@H]3[C@@H](C(=O)NCc4ccccc4)[C@@]4(C)CCC23O4)cc1. The van der Waals surface area contributed by atoms with Gasteiger partial charge in [-0.15, -0.1) is 0 Å². The van der Waals surface area contributed by atoms with E-state index in [-0.39, 0.29) is 30.9 Å². The molecule has 0 radical (unpaired) electrons. The largest absolute Gasteiger partial charge is 0.395 e. The van der Waals surface area contributed by atoms with Gasteiger partial charge in [0.05, 0.1) is 24.0 Å². The third-order valence-corrected chi connectivity index (χ3v) is 8.72. The molecule has 5 atom stereocenters. The molecule has 39 heavy (non-hydrogen) atoms. The minimum Gasteiger partial charge on any atom is -0.395 e. The molecular weight excluding hydrogens is 496 g/mol. The fraction of sp³-hybridized carbons (Fsp3) is 0.500. The lowest BCUT2D eigenvalue weighted by Crippen LogP contribution is -2.53. The number of hydrogen-bond acceptors (Lipinski definition) is 6. The molecule has 0 saturated carbocycles. The lowest BCUT2D eigenvalue weighted by Gasteiger charge is -2.33. The van der Waals surface area contributed by atoms with E-state index < -0.39 is 29.1 Å². The molecule has 5 rings (SSSR count). The van der Waals surface area contributed by atoms with E-state index in [0.29, 0.717) is 25.1 Å². The maximum absolute atomic E-state index is 13.8. The van der Waals surface area contributed by atoms with Crippen LogP contribution in [-0.2, 0) is 25.7 Å². The lowest BCUT2D eigenvalue weighted by atomic mass is 9.66. The number of carbonyl (C=O) groups excluding carboxylic acids is 3. The second-order valence-corrected chi connectivity index (χ2v) is 10.9. The summed E-state index contributed by atoms with van der Waals surface area (Å²) in [4.78, 5) is 44.8. The van der Waals surface area contributed by atoms with Crippen LogP contribution in [0.4, 0.5) is 11.4 Å². The third-order valence-electron chi connectivity index (χ3n) is 8.72. The fourth-order valence-corrected chi connectivity index (χ4v) is 6.93. The summed E-state index contributed by atoms with van der Waals surface area (Å²) >= 11 is 0. The van der Waals surface area contributed by atoms with E-state index in [1.165, 1.54) is 4.90 Å². The maximum atomic E-state index is 13.8. The number of amides is 3. The van der Waals surface area contributed by atoms with Gasteiger partial charge in [0.25, 0.3) is 0 Å². The van der Waals surface area contributed by atoms with Gasteiger partial charge in [-0.05, 0) is 63.4 Å². The molecule has 1 spiro atoms. The van der Waals surface area contributed by atoms with Crippen molar-refractivity contribution in [2.24, 2.45) is 11.8 Å². The number of nitrogens with one attached hydrogen (secondary N) is 2. The number of aliphatic hydroxyl groups is 1. The maximum Gasteiger partial charge on any atom is 0.250 e. The molecular formula is C30H38N4O5. The highest BCUT2D eigenvalue weighted by Crippen LogP contribution is 2.63. The van der Waals surface area contributed by atoms with Crippen LogP contribution in [0.2, 0.25) is 0 Å². The molecule has 3 heterocycles. The summed E-state index contributed by atoms with van der Waals surface area (Å²) < 4.78 is 6.58. The topological polar surface area (TPSA) is 111 Å². The highest BCUT2D eigenvalue weighted by molar-refractivity contribution is 6.03. The molecule has 9 nitrogen and oxygen atoms in total. The Bertz CT molecular complexity index is 1220. The summed E-state index contributed by atoms with van der Waals surface area (Å²) in [5, 5.41) is 15.7. The number of β-amino-alcohol motifs (C(OH)–C–C–N with tert-alkyl or cyclic N) is 1. The Labute approximate surface area is 229 Å². The van der Waals surface area contributed by atoms with Crippen molar-refractivity contribution >= 4 is 29.1 Å². The zero-order valence-electron chi connectivity index (χ0n) is 22.9. The smallest absolute Gasteiger partial charge is 0.250 e. The molecule has 2 aromatic carbocycles. The third kappa shape index (κ3) is 4.57. The molecule has 208 valence electrons. The van der Waals surface area contributed by atoms with Crippen LogP contribution in [0.3, 0.4) is 0 Å². The van der Waals surface area contributed by atoms with Gasteiger partial charge in [0.15, 0.2) is 0 Å². The van der Waals surface area contributed by atoms with Crippen LogP contribution in [0.5, 0.6) is 0 Å². The first-order valence-corrected chi connectivity index (χ1v) is 13.9. The van der Waals surface area contributed by atoms with Crippen LogP contribution < -0.4 is 15.5 Å². The Kier molecular flexibility index (Phi) is 7.39. The molecule has 3 aliphatic heterocycles. The zero-order valence-corrected chi connectivity index (χ0v) is 22.9. The number of hydrogen-bond donors (Lipinski definition) is 3. The Morgan fingerprint density at radius 2 is 1.74 bits per heavy atom. The van der Waals surface area contributed by atoms with Gasteiger partial charge in [-0.25, -0.2) is 0 Å². The molecule has 3 fully saturated rings. The summed E-state index contributed by atoms with van der Waals surface area (Å²) in [6.07, 6.45) is 1.05. The van der Waals surface area contributed by atoms with Crippen LogP contribution >= 0.6 is 0 Å². The van der Waals surface area contributed by atoms with Gasteiger partial charge in [0.1, 0.15) is 11.6 Å². The van der Waals surface area contributed by atoms with Crippen molar-refractivity contribution < 1.29 is 24.2 Å². The van der Waals surface area contributed by atoms with Gasteiger partial charge in [-0.3, -0.25) is 14.4 Å². The van der Waals surface area contributed by atoms with Gasteiger partial charge in [-0.1, -0.05) is 30.3 Å². The van der Waals surface area contributed by atoms with Gasteiger partial charge in [0.2, 0.25) is 17.7 Å². The van der Waals surface area contributed by atoms with Gasteiger partial charge >= 0.3 is 0 Å². The van der Waals surface area contributed by atoms with E-state index in [2.05, 4.69) is 29.4 Å². The normalized spacial score (nSPS) is 28.9. The number of anilines is 2. The second kappa shape index (κ2) is 10.6. The van der Waals surface area contributed by atoms with Crippen LogP contribution in [0.25, 0.3) is 0 Å². The molecule has 3 saturated heterocycles. The van der Waals surface area contributed by atoms with E-state index in [1.54, 1.807) is 0 Å². The number of fused-ring (bicyclic) bond motifs is 1. The van der Waals surface area contributed by atoms with Gasteiger partial charge < -0.3 is 30.3 Å². The summed E-state index contributed by atoms with van der Waals surface area (Å²) in [6.45, 7) is 7.85. The first kappa shape index (κ1) is 27.1. The van der Waals surface area contributed by atoms with Crippen LogP contribution in [-0.4, -0.2) is 71.2 Å². The monoisotopic (exact) mass is 534 g/mol. The minimum absolute atomic E-state index is 0.00546. The van der Waals surface area contributed by atoms with Crippen LogP contribution in [0.1, 0.15) is 39.2 Å². The highest BCUT2D eigenvalue weighted by atomic mass is 16.5. The van der Waals surface area contributed by atoms with Crippen molar-refractivity contribution in [2.45, 2.75) is 57.4 Å². The number of ether oxygens (including phenoxy) is 1. The average molecular weight is 535 g/mol. The molecule has 3 N–H and O–H groups in total. The predicted octanol–water partition coefficient (Wildman–Crippen LogP) is 2.54. The molecule has 2 aromatic rings. The Morgan fingerprint density at radius 1 is 1.05 bits per heavy atom. The minimum atomic E-state index is -1.12. The number of aliphatic hydroxyl groups excluding tert-OH is 1. The fourth-order valence-electron chi connectivity index (χ4n) is 6.93.